The molecule has 0 fully saturated rings. The predicted molar refractivity (Wildman–Crippen MR) is 78.6 cm³/mol. The number of nitrogens with two attached hydrogens (primary N) is 1. The summed E-state index contributed by atoms with van der Waals surface area (Å²) in [6.45, 7) is 2.82. The SMILES string of the molecule is CCOc1ccccc1C(O)C(CN)c1cccnc1. The Morgan fingerprint density at radius 2 is 2.05 bits per heavy atom. The zero-order chi connectivity index (χ0) is 14.4. The van der Waals surface area contributed by atoms with E-state index in [2.05, 4.69) is 4.98 Å². The van der Waals surface area contributed by atoms with Gasteiger partial charge in [0.1, 0.15) is 5.75 Å². The molecule has 0 aliphatic rings. The average Bonchev–Trinajstić information content (AvgIpc) is 2.50. The summed E-state index contributed by atoms with van der Waals surface area (Å²) in [7, 11) is 0. The molecule has 20 heavy (non-hydrogen) atoms. The fraction of sp³-hybridized carbons (Fsp3) is 0.312. The molecule has 0 radical (unpaired) electrons. The van der Waals surface area contributed by atoms with Gasteiger partial charge in [0.2, 0.25) is 0 Å². The van der Waals surface area contributed by atoms with Crippen LogP contribution in [0.2, 0.25) is 0 Å². The third-order valence-corrected chi connectivity index (χ3v) is 3.29. The Morgan fingerprint density at radius 1 is 1.25 bits per heavy atom. The van der Waals surface area contributed by atoms with Gasteiger partial charge in [0.25, 0.3) is 0 Å². The summed E-state index contributed by atoms with van der Waals surface area (Å²) in [5, 5.41) is 10.7. The second kappa shape index (κ2) is 7.03. The lowest BCUT2D eigenvalue weighted by atomic mass is 9.90. The lowest BCUT2D eigenvalue weighted by Crippen LogP contribution is -2.20. The first-order valence-electron chi connectivity index (χ1n) is 6.77. The molecule has 2 atom stereocenters. The average molecular weight is 272 g/mol. The van der Waals surface area contributed by atoms with Crippen LogP contribution in [0, 0.1) is 0 Å². The Bertz CT molecular complexity index is 531. The molecule has 0 spiro atoms. The van der Waals surface area contributed by atoms with Gasteiger partial charge in [-0.3, -0.25) is 4.98 Å². The summed E-state index contributed by atoms with van der Waals surface area (Å²) < 4.78 is 5.57. The van der Waals surface area contributed by atoms with Crippen LogP contribution >= 0.6 is 0 Å². The Labute approximate surface area is 119 Å². The Morgan fingerprint density at radius 3 is 2.70 bits per heavy atom. The minimum Gasteiger partial charge on any atom is -0.493 e. The molecule has 1 aromatic heterocycles. The maximum atomic E-state index is 10.7. The fourth-order valence-corrected chi connectivity index (χ4v) is 2.27. The maximum absolute atomic E-state index is 10.7. The van der Waals surface area contributed by atoms with Crippen LogP contribution in [0.4, 0.5) is 0 Å². The summed E-state index contributed by atoms with van der Waals surface area (Å²) in [6, 6.07) is 11.3. The number of rotatable bonds is 6. The van der Waals surface area contributed by atoms with Gasteiger partial charge in [-0.05, 0) is 24.6 Å². The van der Waals surface area contributed by atoms with E-state index < -0.39 is 6.10 Å². The molecule has 0 saturated carbocycles. The largest absolute Gasteiger partial charge is 0.493 e. The van der Waals surface area contributed by atoms with E-state index in [1.54, 1.807) is 12.4 Å². The van der Waals surface area contributed by atoms with Gasteiger partial charge in [0, 0.05) is 30.4 Å². The fourth-order valence-electron chi connectivity index (χ4n) is 2.27. The van der Waals surface area contributed by atoms with Crippen molar-refractivity contribution in [3.63, 3.8) is 0 Å². The predicted octanol–water partition coefficient (Wildman–Crippen LogP) is 2.26. The van der Waals surface area contributed by atoms with Crippen LogP contribution in [-0.2, 0) is 0 Å². The van der Waals surface area contributed by atoms with Crippen LogP contribution in [0.1, 0.15) is 30.1 Å². The highest BCUT2D eigenvalue weighted by atomic mass is 16.5. The van der Waals surface area contributed by atoms with Gasteiger partial charge in [0.05, 0.1) is 12.7 Å². The number of hydrogen-bond donors (Lipinski definition) is 2. The summed E-state index contributed by atoms with van der Waals surface area (Å²) in [4.78, 5) is 4.09. The van der Waals surface area contributed by atoms with E-state index in [9.17, 15) is 5.11 Å². The molecule has 1 heterocycles. The van der Waals surface area contributed by atoms with Gasteiger partial charge >= 0.3 is 0 Å². The highest BCUT2D eigenvalue weighted by Gasteiger charge is 2.24. The van der Waals surface area contributed by atoms with Crippen LogP contribution in [-0.4, -0.2) is 23.2 Å². The quantitative estimate of drug-likeness (QED) is 0.846. The maximum Gasteiger partial charge on any atom is 0.125 e. The molecule has 0 amide bonds. The van der Waals surface area contributed by atoms with E-state index >= 15 is 0 Å². The van der Waals surface area contributed by atoms with Crippen molar-refractivity contribution >= 4 is 0 Å². The van der Waals surface area contributed by atoms with Gasteiger partial charge in [-0.2, -0.15) is 0 Å². The van der Waals surface area contributed by atoms with Crippen molar-refractivity contribution in [2.24, 2.45) is 5.73 Å². The zero-order valence-electron chi connectivity index (χ0n) is 11.6. The number of aliphatic hydroxyl groups excluding tert-OH is 1. The van der Waals surface area contributed by atoms with Gasteiger partial charge in [-0.25, -0.2) is 0 Å². The molecule has 106 valence electrons. The Hall–Kier alpha value is -1.91. The summed E-state index contributed by atoms with van der Waals surface area (Å²) in [6.07, 6.45) is 2.73. The monoisotopic (exact) mass is 272 g/mol. The molecule has 4 heteroatoms. The second-order valence-electron chi connectivity index (χ2n) is 4.54. The Kier molecular flexibility index (Phi) is 5.09. The number of aromatic nitrogens is 1. The van der Waals surface area contributed by atoms with Crippen molar-refractivity contribution in [1.82, 2.24) is 4.98 Å². The number of pyridine rings is 1. The van der Waals surface area contributed by atoms with E-state index in [0.717, 1.165) is 11.1 Å². The van der Waals surface area contributed by atoms with Crippen LogP contribution in [0.3, 0.4) is 0 Å². The van der Waals surface area contributed by atoms with E-state index in [4.69, 9.17) is 10.5 Å². The van der Waals surface area contributed by atoms with E-state index in [1.807, 2.05) is 43.3 Å². The topological polar surface area (TPSA) is 68.4 Å². The summed E-state index contributed by atoms with van der Waals surface area (Å²) in [5.41, 5.74) is 7.52. The first-order valence-corrected chi connectivity index (χ1v) is 6.77. The highest BCUT2D eigenvalue weighted by molar-refractivity contribution is 5.37. The minimum absolute atomic E-state index is 0.203. The minimum atomic E-state index is -0.716. The van der Waals surface area contributed by atoms with Crippen molar-refractivity contribution in [3.8, 4) is 5.75 Å². The van der Waals surface area contributed by atoms with Crippen LogP contribution in [0.5, 0.6) is 5.75 Å². The molecule has 2 aromatic rings. The zero-order valence-corrected chi connectivity index (χ0v) is 11.6. The molecule has 0 aliphatic carbocycles. The van der Waals surface area contributed by atoms with E-state index in [1.165, 1.54) is 0 Å². The van der Waals surface area contributed by atoms with Gasteiger partial charge < -0.3 is 15.6 Å². The molecule has 0 saturated heterocycles. The van der Waals surface area contributed by atoms with Crippen molar-refractivity contribution in [1.29, 1.82) is 0 Å². The third kappa shape index (κ3) is 3.15. The Balaban J connectivity index is 2.31. The molecular weight excluding hydrogens is 252 g/mol. The lowest BCUT2D eigenvalue weighted by molar-refractivity contribution is 0.142. The first kappa shape index (κ1) is 14.5. The van der Waals surface area contributed by atoms with Crippen molar-refractivity contribution in [2.75, 3.05) is 13.2 Å². The van der Waals surface area contributed by atoms with Gasteiger partial charge in [-0.15, -0.1) is 0 Å². The van der Waals surface area contributed by atoms with Gasteiger partial charge in [0.15, 0.2) is 0 Å². The molecular formula is C16H20N2O2. The van der Waals surface area contributed by atoms with Crippen molar-refractivity contribution in [3.05, 3.63) is 59.9 Å². The standard InChI is InChI=1S/C16H20N2O2/c1-2-20-15-8-4-3-7-13(15)16(19)14(10-17)12-6-5-9-18-11-12/h3-9,11,14,16,19H,2,10,17H2,1H3. The van der Waals surface area contributed by atoms with Crippen LogP contribution < -0.4 is 10.5 Å². The first-order chi connectivity index (χ1) is 9.77. The highest BCUT2D eigenvalue weighted by Crippen LogP contribution is 2.34. The second-order valence-corrected chi connectivity index (χ2v) is 4.54. The molecule has 0 bridgehead atoms. The molecule has 3 N–H and O–H groups in total. The summed E-state index contributed by atoms with van der Waals surface area (Å²) >= 11 is 0. The van der Waals surface area contributed by atoms with Gasteiger partial charge in [-0.1, -0.05) is 24.3 Å². The number of ether oxygens (including phenoxy) is 1. The number of para-hydroxylation sites is 1. The van der Waals surface area contributed by atoms with Crippen molar-refractivity contribution in [2.45, 2.75) is 18.9 Å². The number of aliphatic hydroxyl groups is 1. The van der Waals surface area contributed by atoms with Crippen LogP contribution in [0.15, 0.2) is 48.8 Å². The third-order valence-electron chi connectivity index (χ3n) is 3.29. The number of nitrogens with zero attached hydrogens (tertiary/aromatic N) is 1. The number of hydrogen-bond acceptors (Lipinski definition) is 4. The molecule has 0 aliphatic heterocycles. The van der Waals surface area contributed by atoms with E-state index in [-0.39, 0.29) is 5.92 Å². The lowest BCUT2D eigenvalue weighted by Gasteiger charge is -2.23. The van der Waals surface area contributed by atoms with E-state index in [0.29, 0.717) is 18.9 Å². The van der Waals surface area contributed by atoms with Crippen molar-refractivity contribution < 1.29 is 9.84 Å². The van der Waals surface area contributed by atoms with Crippen LogP contribution in [0.25, 0.3) is 0 Å². The molecule has 1 aromatic carbocycles. The number of benzene rings is 1. The molecule has 2 unspecified atom stereocenters. The molecule has 2 rings (SSSR count). The normalized spacial score (nSPS) is 13.8. The molecule has 4 nitrogen and oxygen atoms in total. The smallest absolute Gasteiger partial charge is 0.125 e. The summed E-state index contributed by atoms with van der Waals surface area (Å²) in [5.74, 6) is 0.496.